The number of carboxylic acids is 1. The number of ether oxygens (including phenoxy) is 1. The number of para-hydroxylation sites is 1. The second kappa shape index (κ2) is 5.76. The van der Waals surface area contributed by atoms with Gasteiger partial charge in [-0.25, -0.2) is 0 Å². The molecule has 2 N–H and O–H groups in total. The Bertz CT molecular complexity index is 557. The number of amides is 1. The van der Waals surface area contributed by atoms with Gasteiger partial charge in [-0.15, -0.1) is 0 Å². The third-order valence-electron chi connectivity index (χ3n) is 4.44. The van der Waals surface area contributed by atoms with Gasteiger partial charge in [0, 0.05) is 12.0 Å². The molecule has 1 aliphatic heterocycles. The van der Waals surface area contributed by atoms with Gasteiger partial charge < -0.3 is 15.2 Å². The van der Waals surface area contributed by atoms with Crippen LogP contribution < -0.4 is 10.1 Å². The standard InChI is InChI=1S/C16H19NO4/c18-15(10-5-3-6-11(10)16(19)20)17-13-8-9-21-14-7-2-1-4-12(13)14/h1-2,4,7,10-11,13H,3,5-6,8-9H2,(H,17,18)(H,19,20)/t10-,11+,13?/m1/s1. The third-order valence-corrected chi connectivity index (χ3v) is 4.44. The van der Waals surface area contributed by atoms with Crippen molar-refractivity contribution in [1.29, 1.82) is 0 Å². The van der Waals surface area contributed by atoms with Crippen LogP contribution in [0.3, 0.4) is 0 Å². The van der Waals surface area contributed by atoms with Crippen molar-refractivity contribution in [3.8, 4) is 5.75 Å². The molecule has 0 saturated heterocycles. The summed E-state index contributed by atoms with van der Waals surface area (Å²) in [6, 6.07) is 7.58. The van der Waals surface area contributed by atoms with Crippen LogP contribution in [0.1, 0.15) is 37.3 Å². The van der Waals surface area contributed by atoms with Crippen molar-refractivity contribution in [3.63, 3.8) is 0 Å². The Hall–Kier alpha value is -2.04. The predicted octanol–water partition coefficient (Wildman–Crippen LogP) is 2.13. The van der Waals surface area contributed by atoms with Crippen molar-refractivity contribution >= 4 is 11.9 Å². The molecule has 1 aromatic rings. The summed E-state index contributed by atoms with van der Waals surface area (Å²) >= 11 is 0. The van der Waals surface area contributed by atoms with E-state index in [1.54, 1.807) is 0 Å². The number of carbonyl (C=O) groups is 2. The SMILES string of the molecule is O=C(O)[C@H]1CCC[C@H]1C(=O)NC1CCOc2ccccc21. The van der Waals surface area contributed by atoms with E-state index < -0.39 is 17.8 Å². The zero-order valence-electron chi connectivity index (χ0n) is 11.7. The van der Waals surface area contributed by atoms with Crippen LogP contribution in [0.2, 0.25) is 0 Å². The summed E-state index contributed by atoms with van der Waals surface area (Å²) in [5, 5.41) is 12.2. The van der Waals surface area contributed by atoms with Crippen molar-refractivity contribution in [2.24, 2.45) is 11.8 Å². The Morgan fingerprint density at radius 3 is 2.71 bits per heavy atom. The van der Waals surface area contributed by atoms with Crippen LogP contribution in [0.15, 0.2) is 24.3 Å². The van der Waals surface area contributed by atoms with Crippen LogP contribution in [0.4, 0.5) is 0 Å². The lowest BCUT2D eigenvalue weighted by Crippen LogP contribution is -2.39. The zero-order chi connectivity index (χ0) is 14.8. The van der Waals surface area contributed by atoms with Crippen molar-refractivity contribution in [2.45, 2.75) is 31.7 Å². The van der Waals surface area contributed by atoms with Crippen LogP contribution in [-0.4, -0.2) is 23.6 Å². The number of hydrogen-bond acceptors (Lipinski definition) is 3. The summed E-state index contributed by atoms with van der Waals surface area (Å²) in [6.45, 7) is 0.564. The molecular formula is C16H19NO4. The van der Waals surface area contributed by atoms with Crippen LogP contribution in [0.5, 0.6) is 5.75 Å². The molecule has 1 fully saturated rings. The van der Waals surface area contributed by atoms with Gasteiger partial charge in [-0.1, -0.05) is 24.6 Å². The summed E-state index contributed by atoms with van der Waals surface area (Å²) < 4.78 is 5.57. The Kier molecular flexibility index (Phi) is 3.82. The fourth-order valence-corrected chi connectivity index (χ4v) is 3.34. The van der Waals surface area contributed by atoms with Gasteiger partial charge in [-0.2, -0.15) is 0 Å². The number of carbonyl (C=O) groups excluding carboxylic acids is 1. The average Bonchev–Trinajstić information content (AvgIpc) is 2.97. The molecular weight excluding hydrogens is 270 g/mol. The molecule has 0 radical (unpaired) electrons. The van der Waals surface area contributed by atoms with E-state index in [-0.39, 0.29) is 11.9 Å². The molecule has 1 aliphatic carbocycles. The van der Waals surface area contributed by atoms with E-state index in [9.17, 15) is 14.7 Å². The van der Waals surface area contributed by atoms with Crippen LogP contribution in [0, 0.1) is 11.8 Å². The topological polar surface area (TPSA) is 75.6 Å². The minimum atomic E-state index is -0.861. The molecule has 1 amide bonds. The second-order valence-electron chi connectivity index (χ2n) is 5.72. The number of aliphatic carboxylic acids is 1. The minimum Gasteiger partial charge on any atom is -0.493 e. The van der Waals surface area contributed by atoms with Crippen molar-refractivity contribution in [3.05, 3.63) is 29.8 Å². The lowest BCUT2D eigenvalue weighted by Gasteiger charge is -2.28. The number of carboxylic acid groups (broad SMARTS) is 1. The Morgan fingerprint density at radius 1 is 1.14 bits per heavy atom. The number of nitrogens with one attached hydrogen (secondary N) is 1. The van der Waals surface area contributed by atoms with Gasteiger partial charge >= 0.3 is 5.97 Å². The maximum absolute atomic E-state index is 12.4. The van der Waals surface area contributed by atoms with Gasteiger partial charge in [0.25, 0.3) is 0 Å². The highest BCUT2D eigenvalue weighted by molar-refractivity contribution is 5.85. The highest BCUT2D eigenvalue weighted by Crippen LogP contribution is 2.35. The van der Waals surface area contributed by atoms with Gasteiger partial charge in [0.15, 0.2) is 0 Å². The first-order valence-corrected chi connectivity index (χ1v) is 7.41. The number of benzene rings is 1. The first kappa shape index (κ1) is 13.9. The normalized spacial score (nSPS) is 27.5. The Morgan fingerprint density at radius 2 is 1.90 bits per heavy atom. The Labute approximate surface area is 123 Å². The maximum atomic E-state index is 12.4. The molecule has 0 aromatic heterocycles. The van der Waals surface area contributed by atoms with Crippen LogP contribution >= 0.6 is 0 Å². The van der Waals surface area contributed by atoms with E-state index in [0.29, 0.717) is 25.9 Å². The number of fused-ring (bicyclic) bond motifs is 1. The van der Waals surface area contributed by atoms with Crippen LogP contribution in [0.25, 0.3) is 0 Å². The van der Waals surface area contributed by atoms with Crippen molar-refractivity contribution < 1.29 is 19.4 Å². The van der Waals surface area contributed by atoms with Crippen LogP contribution in [-0.2, 0) is 9.59 Å². The minimum absolute atomic E-state index is 0.0857. The third kappa shape index (κ3) is 2.73. The molecule has 3 atom stereocenters. The summed E-state index contributed by atoms with van der Waals surface area (Å²) in [4.78, 5) is 23.6. The molecule has 112 valence electrons. The molecule has 0 bridgehead atoms. The van der Waals surface area contributed by atoms with Gasteiger partial charge in [0.2, 0.25) is 5.91 Å². The number of hydrogen-bond donors (Lipinski definition) is 2. The molecule has 2 aliphatic rings. The van der Waals surface area contributed by atoms with Gasteiger partial charge in [0.1, 0.15) is 5.75 Å². The molecule has 0 spiro atoms. The molecule has 5 nitrogen and oxygen atoms in total. The molecule has 5 heteroatoms. The molecule has 1 saturated carbocycles. The molecule has 1 unspecified atom stereocenters. The summed E-state index contributed by atoms with van der Waals surface area (Å²) in [5.41, 5.74) is 0.974. The van der Waals surface area contributed by atoms with E-state index in [1.165, 1.54) is 0 Å². The quantitative estimate of drug-likeness (QED) is 0.893. The van der Waals surface area contributed by atoms with Gasteiger partial charge in [-0.05, 0) is 18.9 Å². The average molecular weight is 289 g/mol. The highest BCUT2D eigenvalue weighted by atomic mass is 16.5. The second-order valence-corrected chi connectivity index (χ2v) is 5.72. The van der Waals surface area contributed by atoms with E-state index in [4.69, 9.17) is 4.74 Å². The predicted molar refractivity (Wildman–Crippen MR) is 75.9 cm³/mol. The zero-order valence-corrected chi connectivity index (χ0v) is 11.7. The van der Waals surface area contributed by atoms with E-state index in [2.05, 4.69) is 5.32 Å². The fourth-order valence-electron chi connectivity index (χ4n) is 3.34. The van der Waals surface area contributed by atoms with E-state index >= 15 is 0 Å². The fraction of sp³-hybridized carbons (Fsp3) is 0.500. The van der Waals surface area contributed by atoms with Crippen molar-refractivity contribution in [2.75, 3.05) is 6.61 Å². The first-order valence-electron chi connectivity index (χ1n) is 7.41. The summed E-state index contributed by atoms with van der Waals surface area (Å²) in [5.74, 6) is -1.14. The first-order chi connectivity index (χ1) is 10.2. The molecule has 1 heterocycles. The largest absolute Gasteiger partial charge is 0.493 e. The smallest absolute Gasteiger partial charge is 0.307 e. The molecule has 21 heavy (non-hydrogen) atoms. The lowest BCUT2D eigenvalue weighted by molar-refractivity contribution is -0.146. The van der Waals surface area contributed by atoms with Gasteiger partial charge in [-0.3, -0.25) is 9.59 Å². The number of rotatable bonds is 3. The maximum Gasteiger partial charge on any atom is 0.307 e. The monoisotopic (exact) mass is 289 g/mol. The highest BCUT2D eigenvalue weighted by Gasteiger charge is 2.38. The van der Waals surface area contributed by atoms with Crippen molar-refractivity contribution in [1.82, 2.24) is 5.32 Å². The van der Waals surface area contributed by atoms with Gasteiger partial charge in [0.05, 0.1) is 24.5 Å². The summed E-state index contributed by atoms with van der Waals surface area (Å²) in [7, 11) is 0. The Balaban J connectivity index is 1.73. The molecule has 3 rings (SSSR count). The van der Waals surface area contributed by atoms with E-state index in [0.717, 1.165) is 17.7 Å². The summed E-state index contributed by atoms with van der Waals surface area (Å²) in [6.07, 6.45) is 2.78. The van der Waals surface area contributed by atoms with E-state index in [1.807, 2.05) is 24.3 Å². The molecule has 1 aromatic carbocycles. The lowest BCUT2D eigenvalue weighted by atomic mass is 9.93.